The van der Waals surface area contributed by atoms with Crippen LogP contribution in [0.5, 0.6) is 0 Å². The van der Waals surface area contributed by atoms with Crippen molar-refractivity contribution in [2.24, 2.45) is 0 Å². The number of halogens is 1. The van der Waals surface area contributed by atoms with Gasteiger partial charge in [0.05, 0.1) is 0 Å². The highest BCUT2D eigenvalue weighted by Gasteiger charge is 2.28. The number of nitrogens with zero attached hydrogens (tertiary/aromatic N) is 1. The number of carbonyl (C=O) groups excluding carboxylic acids is 1. The van der Waals surface area contributed by atoms with Gasteiger partial charge < -0.3 is 5.32 Å². The van der Waals surface area contributed by atoms with Crippen molar-refractivity contribution in [3.63, 3.8) is 0 Å². The van der Waals surface area contributed by atoms with E-state index in [1.54, 1.807) is 4.90 Å². The Kier molecular flexibility index (Phi) is 5.48. The van der Waals surface area contributed by atoms with E-state index in [1.165, 1.54) is 0 Å². The van der Waals surface area contributed by atoms with Crippen LogP contribution in [-0.4, -0.2) is 18.6 Å². The summed E-state index contributed by atoms with van der Waals surface area (Å²) in [5.74, 6) is 0. The highest BCUT2D eigenvalue weighted by Crippen LogP contribution is 2.25. The van der Waals surface area contributed by atoms with Gasteiger partial charge >= 0.3 is 6.03 Å². The molecule has 1 unspecified atom stereocenters. The van der Waals surface area contributed by atoms with E-state index in [1.807, 2.05) is 39.0 Å². The van der Waals surface area contributed by atoms with Gasteiger partial charge in [-0.25, -0.2) is 4.79 Å². The molecule has 1 N–H and O–H groups in total. The van der Waals surface area contributed by atoms with E-state index in [9.17, 15) is 4.79 Å². The second-order valence-corrected chi connectivity index (χ2v) is 4.51. The van der Waals surface area contributed by atoms with Crippen LogP contribution in [-0.2, 0) is 0 Å². The standard InChI is InChI=1S/C12H15ClN2O.C2H6/c1-3-9-7-15(12(16)14-9)10-5-4-8(2)11(13)6-10;1-2/h4-6,9H,3,7H2,1-2H3,(H,14,16);1-2H3. The molecule has 0 aliphatic carbocycles. The zero-order chi connectivity index (χ0) is 13.7. The molecule has 0 bridgehead atoms. The second-order valence-electron chi connectivity index (χ2n) is 4.10. The summed E-state index contributed by atoms with van der Waals surface area (Å²) < 4.78 is 0. The van der Waals surface area contributed by atoms with Crippen LogP contribution in [0.15, 0.2) is 18.2 Å². The molecule has 0 radical (unpaired) electrons. The molecule has 1 saturated heterocycles. The number of hydrogen-bond donors (Lipinski definition) is 1. The summed E-state index contributed by atoms with van der Waals surface area (Å²) in [6.07, 6.45) is 0.946. The number of carbonyl (C=O) groups is 1. The van der Waals surface area contributed by atoms with Gasteiger partial charge in [-0.15, -0.1) is 0 Å². The molecular weight excluding hydrogens is 248 g/mol. The molecule has 2 rings (SSSR count). The first-order chi connectivity index (χ1) is 8.61. The minimum atomic E-state index is -0.0354. The summed E-state index contributed by atoms with van der Waals surface area (Å²) in [7, 11) is 0. The Labute approximate surface area is 114 Å². The van der Waals surface area contributed by atoms with Gasteiger partial charge in [-0.05, 0) is 31.0 Å². The lowest BCUT2D eigenvalue weighted by atomic mass is 10.2. The fraction of sp³-hybridized carbons (Fsp3) is 0.500. The number of rotatable bonds is 2. The van der Waals surface area contributed by atoms with Crippen LogP contribution in [0.1, 0.15) is 32.8 Å². The van der Waals surface area contributed by atoms with Crippen molar-refractivity contribution in [3.8, 4) is 0 Å². The largest absolute Gasteiger partial charge is 0.333 e. The maximum Gasteiger partial charge on any atom is 0.322 e. The predicted molar refractivity (Wildman–Crippen MR) is 77.5 cm³/mol. The molecule has 100 valence electrons. The number of aryl methyl sites for hydroxylation is 1. The van der Waals surface area contributed by atoms with Crippen molar-refractivity contribution in [2.45, 2.75) is 40.2 Å². The van der Waals surface area contributed by atoms with Gasteiger partial charge in [0.2, 0.25) is 0 Å². The van der Waals surface area contributed by atoms with Gasteiger partial charge in [-0.2, -0.15) is 0 Å². The second kappa shape index (κ2) is 6.64. The van der Waals surface area contributed by atoms with E-state index < -0.39 is 0 Å². The average Bonchev–Trinajstić information content (AvgIpc) is 2.77. The van der Waals surface area contributed by atoms with Crippen LogP contribution in [0.25, 0.3) is 0 Å². The molecule has 1 atom stereocenters. The molecule has 0 spiro atoms. The fourth-order valence-corrected chi connectivity index (χ4v) is 1.98. The monoisotopic (exact) mass is 268 g/mol. The zero-order valence-corrected chi connectivity index (χ0v) is 12.2. The van der Waals surface area contributed by atoms with Crippen LogP contribution in [0, 0.1) is 6.92 Å². The zero-order valence-electron chi connectivity index (χ0n) is 11.5. The van der Waals surface area contributed by atoms with Crippen molar-refractivity contribution in [1.82, 2.24) is 5.32 Å². The maximum atomic E-state index is 11.7. The van der Waals surface area contributed by atoms with E-state index in [4.69, 9.17) is 11.6 Å². The van der Waals surface area contributed by atoms with Gasteiger partial charge in [-0.3, -0.25) is 4.90 Å². The molecule has 1 aromatic carbocycles. The average molecular weight is 269 g/mol. The predicted octanol–water partition coefficient (Wildman–Crippen LogP) is 3.98. The molecule has 3 nitrogen and oxygen atoms in total. The summed E-state index contributed by atoms with van der Waals surface area (Å²) in [6.45, 7) is 8.73. The lowest BCUT2D eigenvalue weighted by Crippen LogP contribution is -2.28. The Morgan fingerprint density at radius 1 is 1.44 bits per heavy atom. The quantitative estimate of drug-likeness (QED) is 0.864. The fourth-order valence-electron chi connectivity index (χ4n) is 1.80. The SMILES string of the molecule is CC.CCC1CN(c2ccc(C)c(Cl)c2)C(=O)N1. The Morgan fingerprint density at radius 2 is 2.11 bits per heavy atom. The number of benzene rings is 1. The number of nitrogens with one attached hydrogen (secondary N) is 1. The molecule has 1 aliphatic heterocycles. The van der Waals surface area contributed by atoms with E-state index in [2.05, 4.69) is 12.2 Å². The Balaban J connectivity index is 0.000000771. The number of hydrogen-bond acceptors (Lipinski definition) is 1. The molecule has 1 aromatic rings. The highest BCUT2D eigenvalue weighted by atomic mass is 35.5. The van der Waals surface area contributed by atoms with Crippen molar-refractivity contribution >= 4 is 23.3 Å². The van der Waals surface area contributed by atoms with Crippen molar-refractivity contribution < 1.29 is 4.79 Å². The molecule has 1 aliphatic rings. The molecule has 0 saturated carbocycles. The molecule has 18 heavy (non-hydrogen) atoms. The Bertz CT molecular complexity index is 420. The number of urea groups is 1. The Morgan fingerprint density at radius 3 is 2.61 bits per heavy atom. The van der Waals surface area contributed by atoms with E-state index in [0.29, 0.717) is 11.6 Å². The topological polar surface area (TPSA) is 32.3 Å². The minimum absolute atomic E-state index is 0.0354. The summed E-state index contributed by atoms with van der Waals surface area (Å²) in [5, 5.41) is 3.63. The van der Waals surface area contributed by atoms with Gasteiger partial charge in [0.25, 0.3) is 0 Å². The van der Waals surface area contributed by atoms with Crippen LogP contribution < -0.4 is 10.2 Å². The molecular formula is C14H21ClN2O. The lowest BCUT2D eigenvalue weighted by Gasteiger charge is -2.15. The third-order valence-corrected chi connectivity index (χ3v) is 3.34. The minimum Gasteiger partial charge on any atom is -0.333 e. The van der Waals surface area contributed by atoms with Crippen molar-refractivity contribution in [2.75, 3.05) is 11.4 Å². The lowest BCUT2D eigenvalue weighted by molar-refractivity contribution is 0.250. The number of amides is 2. The van der Waals surface area contributed by atoms with E-state index in [0.717, 1.165) is 17.7 Å². The maximum absolute atomic E-state index is 11.7. The van der Waals surface area contributed by atoms with Crippen LogP contribution in [0.4, 0.5) is 10.5 Å². The molecule has 1 fully saturated rings. The molecule has 1 heterocycles. The first-order valence-electron chi connectivity index (χ1n) is 6.46. The number of anilines is 1. The van der Waals surface area contributed by atoms with Crippen LogP contribution in [0.3, 0.4) is 0 Å². The molecule has 4 heteroatoms. The van der Waals surface area contributed by atoms with Gasteiger partial charge in [0, 0.05) is 23.3 Å². The summed E-state index contributed by atoms with van der Waals surface area (Å²) in [4.78, 5) is 13.4. The van der Waals surface area contributed by atoms with Gasteiger partial charge in [0.15, 0.2) is 0 Å². The summed E-state index contributed by atoms with van der Waals surface area (Å²) in [6, 6.07) is 5.91. The summed E-state index contributed by atoms with van der Waals surface area (Å²) >= 11 is 6.05. The Hall–Kier alpha value is -1.22. The van der Waals surface area contributed by atoms with Crippen molar-refractivity contribution in [1.29, 1.82) is 0 Å². The molecule has 0 aromatic heterocycles. The first-order valence-corrected chi connectivity index (χ1v) is 6.83. The third-order valence-electron chi connectivity index (χ3n) is 2.94. The van der Waals surface area contributed by atoms with Crippen LogP contribution in [0.2, 0.25) is 5.02 Å². The van der Waals surface area contributed by atoms with E-state index in [-0.39, 0.29) is 12.1 Å². The normalized spacial score (nSPS) is 18.2. The smallest absolute Gasteiger partial charge is 0.322 e. The van der Waals surface area contributed by atoms with Crippen LogP contribution >= 0.6 is 11.6 Å². The third kappa shape index (κ3) is 3.16. The van der Waals surface area contributed by atoms with Crippen molar-refractivity contribution in [3.05, 3.63) is 28.8 Å². The van der Waals surface area contributed by atoms with Gasteiger partial charge in [0.1, 0.15) is 0 Å². The first kappa shape index (κ1) is 14.8. The molecule has 2 amide bonds. The van der Waals surface area contributed by atoms with Gasteiger partial charge in [-0.1, -0.05) is 38.4 Å². The highest BCUT2D eigenvalue weighted by molar-refractivity contribution is 6.31. The van der Waals surface area contributed by atoms with E-state index >= 15 is 0 Å². The summed E-state index contributed by atoms with van der Waals surface area (Å²) in [5.41, 5.74) is 1.89.